The Morgan fingerprint density at radius 1 is 1.16 bits per heavy atom. The van der Waals surface area contributed by atoms with Crippen molar-refractivity contribution in [1.29, 1.82) is 0 Å². The van der Waals surface area contributed by atoms with Crippen LogP contribution in [0.15, 0.2) is 29.3 Å². The van der Waals surface area contributed by atoms with E-state index in [1.54, 1.807) is 26.1 Å². The molecule has 1 aromatic rings. The zero-order chi connectivity index (χ0) is 21.8. The summed E-state index contributed by atoms with van der Waals surface area (Å²) in [6.45, 7) is 5.17. The molecule has 1 aliphatic carbocycles. The smallest absolute Gasteiger partial charge is 0.241 e. The van der Waals surface area contributed by atoms with E-state index in [9.17, 15) is 4.79 Å². The van der Waals surface area contributed by atoms with Crippen LogP contribution in [0.25, 0.3) is 0 Å². The van der Waals surface area contributed by atoms with E-state index < -0.39 is 0 Å². The van der Waals surface area contributed by atoms with Gasteiger partial charge in [-0.2, -0.15) is 0 Å². The van der Waals surface area contributed by atoms with E-state index in [1.807, 2.05) is 31.2 Å². The van der Waals surface area contributed by atoms with E-state index in [0.29, 0.717) is 12.5 Å². The molecule has 0 bridgehead atoms. The maximum Gasteiger partial charge on any atom is 0.241 e. The molecule has 7 nitrogen and oxygen atoms in total. The number of hydrogen-bond donors (Lipinski definition) is 2. The molecule has 0 atom stereocenters. The number of halogens is 1. The third-order valence-electron chi connectivity index (χ3n) is 5.76. The third-order valence-corrected chi connectivity index (χ3v) is 5.76. The third kappa shape index (κ3) is 9.64. The number of nitrogens with one attached hydrogen (secondary N) is 2. The number of carbonyl (C=O) groups is 1. The van der Waals surface area contributed by atoms with E-state index in [-0.39, 0.29) is 41.8 Å². The van der Waals surface area contributed by atoms with Gasteiger partial charge in [0.25, 0.3) is 0 Å². The van der Waals surface area contributed by atoms with Gasteiger partial charge in [0.15, 0.2) is 5.96 Å². The number of methoxy groups -OCH3 is 1. The van der Waals surface area contributed by atoms with Crippen molar-refractivity contribution in [1.82, 2.24) is 15.5 Å². The van der Waals surface area contributed by atoms with Crippen LogP contribution < -0.4 is 15.4 Å². The average Bonchev–Trinajstić information content (AvgIpc) is 3.22. The van der Waals surface area contributed by atoms with Gasteiger partial charge in [-0.1, -0.05) is 25.0 Å². The molecule has 0 aromatic heterocycles. The van der Waals surface area contributed by atoms with E-state index in [2.05, 4.69) is 10.6 Å². The Hall–Kier alpha value is -1.55. The monoisotopic (exact) mass is 546 g/mol. The van der Waals surface area contributed by atoms with E-state index in [4.69, 9.17) is 14.5 Å². The minimum Gasteiger partial charge on any atom is -0.497 e. The number of guanidine groups is 1. The number of likely N-dealkylation sites (N-methyl/N-ethyl adjacent to an activating group) is 1. The molecule has 31 heavy (non-hydrogen) atoms. The highest BCUT2D eigenvalue weighted by Gasteiger charge is 2.33. The molecule has 1 aliphatic rings. The Morgan fingerprint density at radius 3 is 2.42 bits per heavy atom. The van der Waals surface area contributed by atoms with Gasteiger partial charge >= 0.3 is 0 Å². The lowest BCUT2D eigenvalue weighted by molar-refractivity contribution is -0.127. The lowest BCUT2D eigenvalue weighted by atomic mass is 9.83. The number of rotatable bonds is 11. The summed E-state index contributed by atoms with van der Waals surface area (Å²) < 4.78 is 10.8. The second-order valence-corrected chi connectivity index (χ2v) is 8.16. The minimum atomic E-state index is 0. The van der Waals surface area contributed by atoms with Crippen LogP contribution >= 0.6 is 24.0 Å². The first-order valence-corrected chi connectivity index (χ1v) is 10.9. The molecule has 0 aliphatic heterocycles. The van der Waals surface area contributed by atoms with Crippen molar-refractivity contribution >= 4 is 35.8 Å². The van der Waals surface area contributed by atoms with Crippen molar-refractivity contribution in [3.63, 3.8) is 0 Å². The molecule has 0 saturated heterocycles. The molecule has 1 fully saturated rings. The SMILES string of the molecule is CCOCCC1(CNC(=NCc2ccc(OC)cc2)NCC(=O)N(C)C)CCCC1.I. The van der Waals surface area contributed by atoms with Crippen LogP contribution in [-0.4, -0.2) is 64.3 Å². The highest BCUT2D eigenvalue weighted by Crippen LogP contribution is 2.40. The van der Waals surface area contributed by atoms with Gasteiger partial charge in [0.2, 0.25) is 5.91 Å². The van der Waals surface area contributed by atoms with Crippen LogP contribution in [0.4, 0.5) is 0 Å². The molecule has 1 aromatic carbocycles. The number of carbonyl (C=O) groups excluding carboxylic acids is 1. The van der Waals surface area contributed by atoms with Gasteiger partial charge in [-0.25, -0.2) is 4.99 Å². The van der Waals surface area contributed by atoms with Crippen LogP contribution in [0.1, 0.15) is 44.6 Å². The van der Waals surface area contributed by atoms with Crippen LogP contribution in [-0.2, 0) is 16.1 Å². The molecule has 0 spiro atoms. The fourth-order valence-corrected chi connectivity index (χ4v) is 3.74. The summed E-state index contributed by atoms with van der Waals surface area (Å²) in [5.74, 6) is 1.51. The predicted octanol–water partition coefficient (Wildman–Crippen LogP) is 3.42. The average molecular weight is 546 g/mol. The topological polar surface area (TPSA) is 75.2 Å². The maximum absolute atomic E-state index is 12.0. The van der Waals surface area contributed by atoms with Crippen molar-refractivity contribution in [3.05, 3.63) is 29.8 Å². The van der Waals surface area contributed by atoms with Gasteiger partial charge < -0.3 is 25.0 Å². The van der Waals surface area contributed by atoms with Gasteiger partial charge in [-0.05, 0) is 49.3 Å². The maximum atomic E-state index is 12.0. The first kappa shape index (κ1) is 27.5. The zero-order valence-electron chi connectivity index (χ0n) is 19.4. The molecule has 8 heteroatoms. The first-order valence-electron chi connectivity index (χ1n) is 10.9. The Bertz CT molecular complexity index is 674. The number of ether oxygens (including phenoxy) is 2. The quantitative estimate of drug-likeness (QED) is 0.193. The fraction of sp³-hybridized carbons (Fsp3) is 0.652. The molecule has 1 saturated carbocycles. The Labute approximate surface area is 204 Å². The van der Waals surface area contributed by atoms with Crippen LogP contribution in [0, 0.1) is 5.41 Å². The van der Waals surface area contributed by atoms with E-state index in [1.165, 1.54) is 25.7 Å². The second kappa shape index (κ2) is 14.5. The zero-order valence-corrected chi connectivity index (χ0v) is 21.7. The van der Waals surface area contributed by atoms with Crippen molar-refractivity contribution in [2.45, 2.75) is 45.6 Å². The van der Waals surface area contributed by atoms with Gasteiger partial charge in [-0.3, -0.25) is 4.79 Å². The molecule has 1 amide bonds. The Kier molecular flexibility index (Phi) is 12.9. The molecule has 2 N–H and O–H groups in total. The largest absolute Gasteiger partial charge is 0.497 e. The van der Waals surface area contributed by atoms with E-state index >= 15 is 0 Å². The van der Waals surface area contributed by atoms with Crippen LogP contribution in [0.5, 0.6) is 5.75 Å². The minimum absolute atomic E-state index is 0. The van der Waals surface area contributed by atoms with Gasteiger partial charge in [-0.15, -0.1) is 24.0 Å². The van der Waals surface area contributed by atoms with Gasteiger partial charge in [0.05, 0.1) is 20.2 Å². The summed E-state index contributed by atoms with van der Waals surface area (Å²) in [7, 11) is 5.17. The molecule has 2 rings (SSSR count). The predicted molar refractivity (Wildman–Crippen MR) is 136 cm³/mol. The van der Waals surface area contributed by atoms with Crippen LogP contribution in [0.2, 0.25) is 0 Å². The summed E-state index contributed by atoms with van der Waals surface area (Å²) in [6, 6.07) is 7.88. The van der Waals surface area contributed by atoms with Crippen LogP contribution in [0.3, 0.4) is 0 Å². The number of aliphatic imine (C=N–C) groups is 1. The van der Waals surface area contributed by atoms with E-state index in [0.717, 1.165) is 37.5 Å². The first-order chi connectivity index (χ1) is 14.5. The molecule has 176 valence electrons. The highest BCUT2D eigenvalue weighted by atomic mass is 127. The Balaban J connectivity index is 0.00000480. The standard InChI is InChI=1S/C23H38N4O3.HI/c1-5-30-15-14-23(12-6-7-13-23)18-26-22(25-17-21(28)27(2)3)24-16-19-8-10-20(29-4)11-9-19;/h8-11H,5-7,12-18H2,1-4H3,(H2,24,25,26);1H. The Morgan fingerprint density at radius 2 is 1.84 bits per heavy atom. The van der Waals surface area contributed by atoms with Gasteiger partial charge in [0, 0.05) is 33.9 Å². The second-order valence-electron chi connectivity index (χ2n) is 8.16. The summed E-state index contributed by atoms with van der Waals surface area (Å²) >= 11 is 0. The summed E-state index contributed by atoms with van der Waals surface area (Å²) in [6.07, 6.45) is 5.98. The van der Waals surface area contributed by atoms with Gasteiger partial charge in [0.1, 0.15) is 5.75 Å². The number of benzene rings is 1. The summed E-state index contributed by atoms with van der Waals surface area (Å²) in [5, 5.41) is 6.70. The van der Waals surface area contributed by atoms with Crippen molar-refractivity contribution in [2.24, 2.45) is 10.4 Å². The fourth-order valence-electron chi connectivity index (χ4n) is 3.74. The number of nitrogens with zero attached hydrogens (tertiary/aromatic N) is 2. The molecule has 0 radical (unpaired) electrons. The molecule has 0 heterocycles. The van der Waals surface area contributed by atoms with Crippen molar-refractivity contribution < 1.29 is 14.3 Å². The summed E-state index contributed by atoms with van der Waals surface area (Å²) in [4.78, 5) is 18.3. The lowest BCUT2D eigenvalue weighted by Gasteiger charge is -2.30. The number of hydrogen-bond acceptors (Lipinski definition) is 4. The normalized spacial score (nSPS) is 15.2. The molecular formula is C23H39IN4O3. The lowest BCUT2D eigenvalue weighted by Crippen LogP contribution is -2.46. The highest BCUT2D eigenvalue weighted by molar-refractivity contribution is 14.0. The summed E-state index contributed by atoms with van der Waals surface area (Å²) in [5.41, 5.74) is 1.33. The van der Waals surface area contributed by atoms with Crippen molar-refractivity contribution in [2.75, 3.05) is 47.5 Å². The number of amides is 1. The molecular weight excluding hydrogens is 507 g/mol. The molecule has 0 unspecified atom stereocenters. The van der Waals surface area contributed by atoms with Crippen molar-refractivity contribution in [3.8, 4) is 5.75 Å².